The Labute approximate surface area is 118 Å². The molecule has 0 amide bonds. The van der Waals surface area contributed by atoms with Gasteiger partial charge in [0.05, 0.1) is 12.6 Å². The van der Waals surface area contributed by atoms with Gasteiger partial charge in [0.25, 0.3) is 0 Å². The van der Waals surface area contributed by atoms with E-state index < -0.39 is 0 Å². The summed E-state index contributed by atoms with van der Waals surface area (Å²) in [6, 6.07) is 10.9. The number of hydrogen-bond acceptors (Lipinski definition) is 2. The Bertz CT molecular complexity index is 299. The van der Waals surface area contributed by atoms with E-state index in [1.807, 2.05) is 0 Å². The molecule has 1 atom stereocenters. The van der Waals surface area contributed by atoms with E-state index in [1.165, 1.54) is 44.1 Å². The molecule has 0 saturated carbocycles. The molecule has 0 aliphatic rings. The Kier molecular flexibility index (Phi) is 9.38. The average Bonchev–Trinajstić information content (AvgIpc) is 2.46. The Morgan fingerprint density at radius 3 is 2.37 bits per heavy atom. The van der Waals surface area contributed by atoms with Gasteiger partial charge in [-0.05, 0) is 18.5 Å². The van der Waals surface area contributed by atoms with E-state index in [2.05, 4.69) is 42.6 Å². The van der Waals surface area contributed by atoms with Crippen LogP contribution in [0.1, 0.15) is 57.1 Å². The number of unbranched alkanes of at least 4 members (excludes halogenated alkanes) is 5. The zero-order valence-corrected chi connectivity index (χ0v) is 12.5. The van der Waals surface area contributed by atoms with E-state index in [-0.39, 0.29) is 0 Å². The van der Waals surface area contributed by atoms with E-state index in [0.717, 1.165) is 13.2 Å². The van der Waals surface area contributed by atoms with Gasteiger partial charge >= 0.3 is 0 Å². The van der Waals surface area contributed by atoms with Crippen LogP contribution in [0.4, 0.5) is 0 Å². The van der Waals surface area contributed by atoms with Crippen LogP contribution in [-0.2, 0) is 4.74 Å². The largest absolute Gasteiger partial charge is 0.383 e. The molecule has 0 fully saturated rings. The third-order valence-electron chi connectivity index (χ3n) is 3.46. The standard InChI is InChI=1S/C17H29NO/c1-3-4-5-6-7-11-14-18-17(15-19-2)16-12-9-8-10-13-16/h8-10,12-13,17-18H,3-7,11,14-15H2,1-2H3. The summed E-state index contributed by atoms with van der Waals surface area (Å²) >= 11 is 0. The summed E-state index contributed by atoms with van der Waals surface area (Å²) in [4.78, 5) is 0. The molecule has 0 aliphatic carbocycles. The van der Waals surface area contributed by atoms with Crippen molar-refractivity contribution in [2.75, 3.05) is 20.3 Å². The van der Waals surface area contributed by atoms with Gasteiger partial charge in [0.15, 0.2) is 0 Å². The highest BCUT2D eigenvalue weighted by atomic mass is 16.5. The van der Waals surface area contributed by atoms with Gasteiger partial charge < -0.3 is 10.1 Å². The second kappa shape index (κ2) is 11.0. The van der Waals surface area contributed by atoms with E-state index in [0.29, 0.717) is 6.04 Å². The van der Waals surface area contributed by atoms with Crippen molar-refractivity contribution >= 4 is 0 Å². The van der Waals surface area contributed by atoms with Crippen molar-refractivity contribution in [2.45, 2.75) is 51.5 Å². The number of nitrogens with one attached hydrogen (secondary N) is 1. The van der Waals surface area contributed by atoms with Crippen LogP contribution in [0.15, 0.2) is 30.3 Å². The molecule has 0 bridgehead atoms. The number of rotatable bonds is 11. The number of ether oxygens (including phenoxy) is 1. The molecular formula is C17H29NO. The maximum absolute atomic E-state index is 5.31. The molecule has 1 aromatic carbocycles. The molecule has 0 saturated heterocycles. The predicted molar refractivity (Wildman–Crippen MR) is 82.4 cm³/mol. The molecule has 2 heteroatoms. The lowest BCUT2D eigenvalue weighted by atomic mass is 10.1. The Hall–Kier alpha value is -0.860. The van der Waals surface area contributed by atoms with Gasteiger partial charge in [-0.3, -0.25) is 0 Å². The first-order valence-corrected chi connectivity index (χ1v) is 7.65. The first-order valence-electron chi connectivity index (χ1n) is 7.65. The smallest absolute Gasteiger partial charge is 0.0657 e. The minimum Gasteiger partial charge on any atom is -0.383 e. The summed E-state index contributed by atoms with van der Waals surface area (Å²) in [5.74, 6) is 0. The quantitative estimate of drug-likeness (QED) is 0.600. The van der Waals surface area contributed by atoms with Crippen molar-refractivity contribution in [1.29, 1.82) is 0 Å². The number of benzene rings is 1. The topological polar surface area (TPSA) is 21.3 Å². The van der Waals surface area contributed by atoms with Crippen LogP contribution in [0.5, 0.6) is 0 Å². The third-order valence-corrected chi connectivity index (χ3v) is 3.46. The van der Waals surface area contributed by atoms with Crippen molar-refractivity contribution in [3.63, 3.8) is 0 Å². The fourth-order valence-corrected chi connectivity index (χ4v) is 2.31. The van der Waals surface area contributed by atoms with E-state index >= 15 is 0 Å². The van der Waals surface area contributed by atoms with Crippen LogP contribution in [0, 0.1) is 0 Å². The minimum absolute atomic E-state index is 0.321. The van der Waals surface area contributed by atoms with Gasteiger partial charge in [0, 0.05) is 7.11 Å². The summed E-state index contributed by atoms with van der Waals surface area (Å²) in [6.45, 7) is 4.08. The van der Waals surface area contributed by atoms with Crippen LogP contribution in [0.3, 0.4) is 0 Å². The Morgan fingerprint density at radius 2 is 1.68 bits per heavy atom. The molecule has 1 N–H and O–H groups in total. The summed E-state index contributed by atoms with van der Waals surface area (Å²) in [6.07, 6.45) is 8.05. The predicted octanol–water partition coefficient (Wildman–Crippen LogP) is 4.32. The molecule has 0 heterocycles. The normalized spacial score (nSPS) is 12.5. The molecule has 108 valence electrons. The highest BCUT2D eigenvalue weighted by Crippen LogP contribution is 2.13. The number of methoxy groups -OCH3 is 1. The molecule has 1 unspecified atom stereocenters. The van der Waals surface area contributed by atoms with Crippen molar-refractivity contribution in [3.05, 3.63) is 35.9 Å². The van der Waals surface area contributed by atoms with Gasteiger partial charge in [0.1, 0.15) is 0 Å². The zero-order valence-electron chi connectivity index (χ0n) is 12.5. The van der Waals surface area contributed by atoms with Crippen LogP contribution in [0.25, 0.3) is 0 Å². The SMILES string of the molecule is CCCCCCCCNC(COC)c1ccccc1. The lowest BCUT2D eigenvalue weighted by Crippen LogP contribution is -2.26. The third kappa shape index (κ3) is 7.34. The summed E-state index contributed by atoms with van der Waals surface area (Å²) < 4.78 is 5.31. The van der Waals surface area contributed by atoms with Gasteiger partial charge in [-0.1, -0.05) is 69.4 Å². The first kappa shape index (κ1) is 16.2. The maximum Gasteiger partial charge on any atom is 0.0657 e. The maximum atomic E-state index is 5.31. The lowest BCUT2D eigenvalue weighted by Gasteiger charge is -2.18. The molecule has 0 radical (unpaired) electrons. The fourth-order valence-electron chi connectivity index (χ4n) is 2.31. The molecule has 19 heavy (non-hydrogen) atoms. The highest BCUT2D eigenvalue weighted by Gasteiger charge is 2.09. The molecule has 0 aliphatic heterocycles. The van der Waals surface area contributed by atoms with Gasteiger partial charge in [0.2, 0.25) is 0 Å². The van der Waals surface area contributed by atoms with Crippen molar-refractivity contribution < 1.29 is 4.74 Å². The summed E-state index contributed by atoms with van der Waals surface area (Å²) in [5.41, 5.74) is 1.32. The van der Waals surface area contributed by atoms with Gasteiger partial charge in [-0.2, -0.15) is 0 Å². The van der Waals surface area contributed by atoms with Crippen molar-refractivity contribution in [2.24, 2.45) is 0 Å². The summed E-state index contributed by atoms with van der Waals surface area (Å²) in [7, 11) is 1.77. The van der Waals surface area contributed by atoms with E-state index in [1.54, 1.807) is 7.11 Å². The molecule has 1 rings (SSSR count). The minimum atomic E-state index is 0.321. The molecule has 0 aromatic heterocycles. The average molecular weight is 263 g/mol. The Morgan fingerprint density at radius 1 is 1.00 bits per heavy atom. The van der Waals surface area contributed by atoms with Crippen LogP contribution < -0.4 is 5.32 Å². The van der Waals surface area contributed by atoms with Crippen LogP contribution in [0.2, 0.25) is 0 Å². The molecule has 2 nitrogen and oxygen atoms in total. The zero-order chi connectivity index (χ0) is 13.8. The molecule has 1 aromatic rings. The van der Waals surface area contributed by atoms with Gasteiger partial charge in [-0.25, -0.2) is 0 Å². The molecule has 0 spiro atoms. The summed E-state index contributed by atoms with van der Waals surface area (Å²) in [5, 5.41) is 3.60. The van der Waals surface area contributed by atoms with Crippen molar-refractivity contribution in [3.8, 4) is 0 Å². The fraction of sp³-hybridized carbons (Fsp3) is 0.647. The molecular weight excluding hydrogens is 234 g/mol. The van der Waals surface area contributed by atoms with E-state index in [4.69, 9.17) is 4.74 Å². The van der Waals surface area contributed by atoms with Crippen LogP contribution >= 0.6 is 0 Å². The highest BCUT2D eigenvalue weighted by molar-refractivity contribution is 5.18. The second-order valence-electron chi connectivity index (χ2n) is 5.14. The van der Waals surface area contributed by atoms with Gasteiger partial charge in [-0.15, -0.1) is 0 Å². The van der Waals surface area contributed by atoms with E-state index in [9.17, 15) is 0 Å². The first-order chi connectivity index (χ1) is 9.38. The monoisotopic (exact) mass is 263 g/mol. The number of hydrogen-bond donors (Lipinski definition) is 1. The Balaban J connectivity index is 2.20. The van der Waals surface area contributed by atoms with Crippen molar-refractivity contribution in [1.82, 2.24) is 5.32 Å². The lowest BCUT2D eigenvalue weighted by molar-refractivity contribution is 0.166. The second-order valence-corrected chi connectivity index (χ2v) is 5.14. The van der Waals surface area contributed by atoms with Crippen LogP contribution in [-0.4, -0.2) is 20.3 Å².